The fourth-order valence-electron chi connectivity index (χ4n) is 2.02. The number of benzene rings is 1. The Hall–Kier alpha value is -1.88. The third-order valence-electron chi connectivity index (χ3n) is 3.23. The summed E-state index contributed by atoms with van der Waals surface area (Å²) in [7, 11) is 1.89. The Bertz CT molecular complexity index is 572. The van der Waals surface area contributed by atoms with Crippen LogP contribution in [0.4, 0.5) is 0 Å². The van der Waals surface area contributed by atoms with E-state index in [-0.39, 0.29) is 5.41 Å². The number of aromatic nitrogens is 3. The molecule has 5 nitrogen and oxygen atoms in total. The van der Waals surface area contributed by atoms with E-state index in [2.05, 4.69) is 48.5 Å². The minimum Gasteiger partial charge on any atom is -0.492 e. The molecule has 0 saturated heterocycles. The number of nitrogens with one attached hydrogen (secondary N) is 1. The van der Waals surface area contributed by atoms with Gasteiger partial charge in [0.05, 0.1) is 12.2 Å². The topological polar surface area (TPSA) is 52.0 Å². The van der Waals surface area contributed by atoms with Crippen molar-refractivity contribution in [2.24, 2.45) is 0 Å². The van der Waals surface area contributed by atoms with Gasteiger partial charge in [-0.25, -0.2) is 4.68 Å². The van der Waals surface area contributed by atoms with E-state index in [0.717, 1.165) is 18.0 Å². The molecule has 2 aromatic rings. The summed E-state index contributed by atoms with van der Waals surface area (Å²) in [5, 5.41) is 11.2. The summed E-state index contributed by atoms with van der Waals surface area (Å²) in [5.41, 5.74) is 2.34. The van der Waals surface area contributed by atoms with E-state index in [4.69, 9.17) is 4.74 Å². The zero-order chi connectivity index (χ0) is 15.3. The Morgan fingerprint density at radius 3 is 2.81 bits per heavy atom. The molecular formula is C16H24N4O. The summed E-state index contributed by atoms with van der Waals surface area (Å²) in [6.07, 6.45) is 1.94. The summed E-state index contributed by atoms with van der Waals surface area (Å²) < 4.78 is 7.62. The molecule has 0 aliphatic heterocycles. The molecule has 5 heteroatoms. The van der Waals surface area contributed by atoms with Gasteiger partial charge >= 0.3 is 0 Å². The maximum atomic E-state index is 5.81. The van der Waals surface area contributed by atoms with Gasteiger partial charge in [-0.05, 0) is 30.2 Å². The molecule has 0 amide bonds. The SMILES string of the molecule is CNCc1cn(CCOc2cccc(C(C)(C)C)c2)nn1. The van der Waals surface area contributed by atoms with E-state index in [1.165, 1.54) is 5.56 Å². The molecule has 2 rings (SSSR count). The molecule has 0 aliphatic carbocycles. The van der Waals surface area contributed by atoms with Crippen molar-refractivity contribution in [3.05, 3.63) is 41.7 Å². The Morgan fingerprint density at radius 1 is 1.29 bits per heavy atom. The van der Waals surface area contributed by atoms with Crippen molar-refractivity contribution in [1.82, 2.24) is 20.3 Å². The lowest BCUT2D eigenvalue weighted by Crippen LogP contribution is -2.12. The second-order valence-electron chi connectivity index (χ2n) is 6.13. The molecule has 0 saturated carbocycles. The lowest BCUT2D eigenvalue weighted by Gasteiger charge is -2.19. The Balaban J connectivity index is 1.88. The highest BCUT2D eigenvalue weighted by Crippen LogP contribution is 2.25. The monoisotopic (exact) mass is 288 g/mol. The van der Waals surface area contributed by atoms with Gasteiger partial charge in [-0.1, -0.05) is 38.1 Å². The standard InChI is InChI=1S/C16H24N4O/c1-16(2,3)13-6-5-7-15(10-13)21-9-8-20-12-14(11-17-4)18-19-20/h5-7,10,12,17H,8-9,11H2,1-4H3. The average molecular weight is 288 g/mol. The van der Waals surface area contributed by atoms with E-state index in [9.17, 15) is 0 Å². The van der Waals surface area contributed by atoms with Crippen molar-refractivity contribution in [1.29, 1.82) is 0 Å². The first-order chi connectivity index (χ1) is 9.99. The minimum atomic E-state index is 0.132. The lowest BCUT2D eigenvalue weighted by molar-refractivity contribution is 0.289. The molecule has 1 N–H and O–H groups in total. The van der Waals surface area contributed by atoms with Crippen molar-refractivity contribution in [2.75, 3.05) is 13.7 Å². The summed E-state index contributed by atoms with van der Waals surface area (Å²) in [5.74, 6) is 0.901. The van der Waals surface area contributed by atoms with Crippen LogP contribution < -0.4 is 10.1 Å². The third-order valence-corrected chi connectivity index (χ3v) is 3.23. The highest BCUT2D eigenvalue weighted by atomic mass is 16.5. The van der Waals surface area contributed by atoms with E-state index >= 15 is 0 Å². The zero-order valence-electron chi connectivity index (χ0n) is 13.3. The summed E-state index contributed by atoms with van der Waals surface area (Å²) in [6.45, 7) is 8.60. The van der Waals surface area contributed by atoms with Crippen molar-refractivity contribution in [3.8, 4) is 5.75 Å². The summed E-state index contributed by atoms with van der Waals surface area (Å²) in [4.78, 5) is 0. The van der Waals surface area contributed by atoms with Gasteiger partial charge < -0.3 is 10.1 Å². The first-order valence-corrected chi connectivity index (χ1v) is 7.26. The first kappa shape index (κ1) is 15.5. The van der Waals surface area contributed by atoms with Crippen LogP contribution in [0.2, 0.25) is 0 Å². The molecular weight excluding hydrogens is 264 g/mol. The van der Waals surface area contributed by atoms with Crippen LogP contribution in [-0.4, -0.2) is 28.6 Å². The smallest absolute Gasteiger partial charge is 0.119 e. The molecule has 0 fully saturated rings. The Labute approximate surface area is 126 Å². The molecule has 1 aromatic carbocycles. The second-order valence-corrected chi connectivity index (χ2v) is 6.13. The van der Waals surface area contributed by atoms with Crippen molar-refractivity contribution < 1.29 is 4.74 Å². The molecule has 114 valence electrons. The van der Waals surface area contributed by atoms with Gasteiger partial charge in [0.1, 0.15) is 12.4 Å². The van der Waals surface area contributed by atoms with Crippen LogP contribution in [0.5, 0.6) is 5.75 Å². The third kappa shape index (κ3) is 4.56. The molecule has 0 spiro atoms. The maximum absolute atomic E-state index is 5.81. The number of ether oxygens (including phenoxy) is 1. The summed E-state index contributed by atoms with van der Waals surface area (Å²) in [6, 6.07) is 8.27. The zero-order valence-corrected chi connectivity index (χ0v) is 13.3. The quantitative estimate of drug-likeness (QED) is 0.886. The van der Waals surface area contributed by atoms with Gasteiger partial charge in [-0.15, -0.1) is 5.10 Å². The van der Waals surface area contributed by atoms with E-state index in [1.54, 1.807) is 4.68 Å². The van der Waals surface area contributed by atoms with Crippen LogP contribution >= 0.6 is 0 Å². The molecule has 1 aromatic heterocycles. The van der Waals surface area contributed by atoms with Crippen molar-refractivity contribution in [3.63, 3.8) is 0 Å². The largest absolute Gasteiger partial charge is 0.492 e. The van der Waals surface area contributed by atoms with Crippen LogP contribution in [0.1, 0.15) is 32.0 Å². The van der Waals surface area contributed by atoms with Crippen LogP contribution in [0.3, 0.4) is 0 Å². The first-order valence-electron chi connectivity index (χ1n) is 7.26. The van der Waals surface area contributed by atoms with Crippen LogP contribution in [0.15, 0.2) is 30.5 Å². The van der Waals surface area contributed by atoms with Gasteiger partial charge in [-0.2, -0.15) is 0 Å². The Morgan fingerprint density at radius 2 is 2.10 bits per heavy atom. The van der Waals surface area contributed by atoms with Gasteiger partial charge in [0.2, 0.25) is 0 Å². The number of hydrogen-bond donors (Lipinski definition) is 1. The second kappa shape index (κ2) is 6.72. The van der Waals surface area contributed by atoms with Gasteiger partial charge in [0.15, 0.2) is 0 Å². The molecule has 1 heterocycles. The maximum Gasteiger partial charge on any atom is 0.119 e. The number of hydrogen-bond acceptors (Lipinski definition) is 4. The van der Waals surface area contributed by atoms with Gasteiger partial charge in [0, 0.05) is 12.7 Å². The van der Waals surface area contributed by atoms with Gasteiger partial charge in [0.25, 0.3) is 0 Å². The summed E-state index contributed by atoms with van der Waals surface area (Å²) >= 11 is 0. The van der Waals surface area contributed by atoms with Crippen LogP contribution in [-0.2, 0) is 18.5 Å². The van der Waals surface area contributed by atoms with Crippen LogP contribution in [0.25, 0.3) is 0 Å². The molecule has 0 atom stereocenters. The molecule has 0 radical (unpaired) electrons. The fraction of sp³-hybridized carbons (Fsp3) is 0.500. The molecule has 0 aliphatic rings. The molecule has 0 unspecified atom stereocenters. The predicted molar refractivity (Wildman–Crippen MR) is 83.4 cm³/mol. The predicted octanol–water partition coefficient (Wildman–Crippen LogP) is 2.37. The van der Waals surface area contributed by atoms with E-state index in [0.29, 0.717) is 13.2 Å². The molecule has 21 heavy (non-hydrogen) atoms. The van der Waals surface area contributed by atoms with Crippen molar-refractivity contribution in [2.45, 2.75) is 39.3 Å². The van der Waals surface area contributed by atoms with E-state index in [1.807, 2.05) is 25.4 Å². The fourth-order valence-corrected chi connectivity index (χ4v) is 2.02. The van der Waals surface area contributed by atoms with Gasteiger partial charge in [-0.3, -0.25) is 0 Å². The Kier molecular flexibility index (Phi) is 4.96. The normalized spacial score (nSPS) is 11.6. The minimum absolute atomic E-state index is 0.132. The van der Waals surface area contributed by atoms with Crippen molar-refractivity contribution >= 4 is 0 Å². The van der Waals surface area contributed by atoms with E-state index < -0.39 is 0 Å². The average Bonchev–Trinajstić information content (AvgIpc) is 2.86. The molecule has 0 bridgehead atoms. The van der Waals surface area contributed by atoms with Crippen LogP contribution in [0, 0.1) is 0 Å². The highest BCUT2D eigenvalue weighted by molar-refractivity contribution is 5.32. The number of nitrogens with zero attached hydrogens (tertiary/aromatic N) is 3. The lowest BCUT2D eigenvalue weighted by atomic mass is 9.87. The highest BCUT2D eigenvalue weighted by Gasteiger charge is 2.13. The number of rotatable bonds is 6.